The van der Waals surface area contributed by atoms with Crippen LogP contribution < -0.4 is 10.1 Å². The topological polar surface area (TPSA) is 67.8 Å². The molecule has 138 valence electrons. The Morgan fingerprint density at radius 2 is 2.00 bits per heavy atom. The van der Waals surface area contributed by atoms with Crippen LogP contribution in [0, 0.1) is 6.92 Å². The zero-order valence-electron chi connectivity index (χ0n) is 14.8. The van der Waals surface area contributed by atoms with E-state index in [2.05, 4.69) is 10.3 Å². The largest absolute Gasteiger partial charge is 0.488 e. The van der Waals surface area contributed by atoms with E-state index < -0.39 is 5.91 Å². The molecule has 0 saturated carbocycles. The number of amidine groups is 1. The molecule has 0 atom stereocenters. The maximum Gasteiger partial charge on any atom is 0.286 e. The summed E-state index contributed by atoms with van der Waals surface area (Å²) in [5.41, 5.74) is 2.89. The molecule has 0 spiro atoms. The fraction of sp³-hybridized carbons (Fsp3) is 0.150. The lowest BCUT2D eigenvalue weighted by Gasteiger charge is -2.10. The predicted molar refractivity (Wildman–Crippen MR) is 109 cm³/mol. The first kappa shape index (κ1) is 19.2. The lowest BCUT2D eigenvalue weighted by atomic mass is 10.1. The Bertz CT molecular complexity index is 952. The van der Waals surface area contributed by atoms with Crippen molar-refractivity contribution in [3.8, 4) is 5.75 Å². The van der Waals surface area contributed by atoms with Gasteiger partial charge >= 0.3 is 0 Å². The molecule has 0 aromatic heterocycles. The molecule has 0 aliphatic carbocycles. The van der Waals surface area contributed by atoms with Gasteiger partial charge in [-0.25, -0.2) is 0 Å². The molecule has 0 saturated heterocycles. The van der Waals surface area contributed by atoms with Gasteiger partial charge in [0, 0.05) is 17.5 Å². The molecular weight excluding hydrogens is 384 g/mol. The van der Waals surface area contributed by atoms with E-state index in [1.54, 1.807) is 24.3 Å². The number of thioether (sulfide) groups is 1. The number of hydrogen-bond donors (Lipinski definition) is 1. The minimum Gasteiger partial charge on any atom is -0.488 e. The average molecular weight is 401 g/mol. The van der Waals surface area contributed by atoms with Crippen molar-refractivity contribution in [3.05, 3.63) is 69.1 Å². The number of hydrogen-bond acceptors (Lipinski definition) is 4. The molecule has 0 bridgehead atoms. The minimum absolute atomic E-state index is 0.267. The van der Waals surface area contributed by atoms with E-state index in [0.29, 0.717) is 27.8 Å². The molecule has 1 N–H and O–H groups in total. The van der Waals surface area contributed by atoms with Crippen LogP contribution >= 0.6 is 23.4 Å². The van der Waals surface area contributed by atoms with Crippen molar-refractivity contribution >= 4 is 46.4 Å². The quantitative estimate of drug-likeness (QED) is 0.775. The van der Waals surface area contributed by atoms with E-state index in [4.69, 9.17) is 16.3 Å². The van der Waals surface area contributed by atoms with Crippen molar-refractivity contribution in [2.24, 2.45) is 4.99 Å². The summed E-state index contributed by atoms with van der Waals surface area (Å²) in [6.45, 7) is 3.79. The first-order valence-electron chi connectivity index (χ1n) is 8.19. The number of aliphatic imine (C=N–C) groups is 1. The van der Waals surface area contributed by atoms with Gasteiger partial charge in [-0.05, 0) is 48.5 Å². The van der Waals surface area contributed by atoms with Crippen molar-refractivity contribution in [2.75, 3.05) is 0 Å². The third kappa shape index (κ3) is 5.21. The van der Waals surface area contributed by atoms with Crippen LogP contribution in [0.15, 0.2) is 52.4 Å². The van der Waals surface area contributed by atoms with Crippen LogP contribution in [0.1, 0.15) is 23.6 Å². The molecule has 1 aliphatic rings. The molecule has 7 heteroatoms. The van der Waals surface area contributed by atoms with Crippen LogP contribution in [0.4, 0.5) is 0 Å². The lowest BCUT2D eigenvalue weighted by molar-refractivity contribution is -0.117. The lowest BCUT2D eigenvalue weighted by Crippen LogP contribution is -2.23. The van der Waals surface area contributed by atoms with Crippen LogP contribution in [0.5, 0.6) is 5.75 Å². The van der Waals surface area contributed by atoms with Crippen molar-refractivity contribution in [3.63, 3.8) is 0 Å². The zero-order chi connectivity index (χ0) is 19.4. The summed E-state index contributed by atoms with van der Waals surface area (Å²) in [6.07, 6.45) is 1.67. The van der Waals surface area contributed by atoms with Gasteiger partial charge in [-0.1, -0.05) is 41.4 Å². The summed E-state index contributed by atoms with van der Waals surface area (Å²) in [5, 5.41) is 3.32. The number of rotatable bonds is 4. The van der Waals surface area contributed by atoms with E-state index >= 15 is 0 Å². The second-order valence-electron chi connectivity index (χ2n) is 5.97. The summed E-state index contributed by atoms with van der Waals surface area (Å²) in [4.78, 5) is 27.4. The molecule has 2 aromatic carbocycles. The van der Waals surface area contributed by atoms with Crippen LogP contribution in [0.2, 0.25) is 5.02 Å². The van der Waals surface area contributed by atoms with Gasteiger partial charge in [0.25, 0.3) is 5.91 Å². The maximum absolute atomic E-state index is 12.1. The highest BCUT2D eigenvalue weighted by Gasteiger charge is 2.23. The minimum atomic E-state index is -0.409. The van der Waals surface area contributed by atoms with E-state index in [-0.39, 0.29) is 11.1 Å². The first-order chi connectivity index (χ1) is 12.9. The molecule has 0 unspecified atom stereocenters. The average Bonchev–Trinajstić information content (AvgIpc) is 2.94. The number of benzene rings is 2. The highest BCUT2D eigenvalue weighted by atomic mass is 35.5. The number of aryl methyl sites for hydroxylation is 1. The van der Waals surface area contributed by atoms with Crippen molar-refractivity contribution in [1.82, 2.24) is 5.32 Å². The Labute approximate surface area is 166 Å². The van der Waals surface area contributed by atoms with Gasteiger partial charge in [-0.3, -0.25) is 9.59 Å². The van der Waals surface area contributed by atoms with Crippen LogP contribution in [-0.2, 0) is 16.2 Å². The van der Waals surface area contributed by atoms with Crippen molar-refractivity contribution in [1.29, 1.82) is 0 Å². The molecule has 1 heterocycles. The standard InChI is InChI=1S/C20H17ClN2O3S/c1-12-3-5-14(6-4-12)11-26-17-8-7-16(21)9-15(17)10-18-19(25)23-20(27-18)22-13(2)24/h3-10H,11H2,1-2H3,(H,22,23,24,25)/b18-10-. The molecule has 3 rings (SSSR count). The van der Waals surface area contributed by atoms with Gasteiger partial charge in [0.1, 0.15) is 12.4 Å². The fourth-order valence-electron chi connectivity index (χ4n) is 2.36. The van der Waals surface area contributed by atoms with E-state index in [9.17, 15) is 9.59 Å². The summed E-state index contributed by atoms with van der Waals surface area (Å²) in [6, 6.07) is 13.3. The van der Waals surface area contributed by atoms with Gasteiger partial charge in [0.05, 0.1) is 4.91 Å². The summed E-state index contributed by atoms with van der Waals surface area (Å²) in [7, 11) is 0. The summed E-state index contributed by atoms with van der Waals surface area (Å²) in [5.74, 6) is -0.0813. The Morgan fingerprint density at radius 1 is 1.26 bits per heavy atom. The smallest absolute Gasteiger partial charge is 0.286 e. The SMILES string of the molecule is CC(=O)NC1=NC(=O)/C(=C/c2cc(Cl)ccc2OCc2ccc(C)cc2)S1. The second kappa shape index (κ2) is 8.41. The maximum atomic E-state index is 12.1. The third-order valence-electron chi connectivity index (χ3n) is 3.68. The molecule has 2 amide bonds. The highest BCUT2D eigenvalue weighted by molar-refractivity contribution is 8.18. The van der Waals surface area contributed by atoms with Crippen molar-refractivity contribution in [2.45, 2.75) is 20.5 Å². The van der Waals surface area contributed by atoms with Crippen LogP contribution in [0.3, 0.4) is 0 Å². The first-order valence-corrected chi connectivity index (χ1v) is 9.38. The Kier molecular flexibility index (Phi) is 5.98. The molecule has 2 aromatic rings. The molecule has 0 radical (unpaired) electrons. The van der Waals surface area contributed by atoms with Gasteiger partial charge in [-0.2, -0.15) is 4.99 Å². The number of carbonyl (C=O) groups is 2. The zero-order valence-corrected chi connectivity index (χ0v) is 16.4. The van der Waals surface area contributed by atoms with Crippen LogP contribution in [0.25, 0.3) is 6.08 Å². The summed E-state index contributed by atoms with van der Waals surface area (Å²) < 4.78 is 5.92. The Morgan fingerprint density at radius 3 is 2.70 bits per heavy atom. The monoisotopic (exact) mass is 400 g/mol. The van der Waals surface area contributed by atoms with Gasteiger partial charge < -0.3 is 10.1 Å². The molecule has 5 nitrogen and oxygen atoms in total. The highest BCUT2D eigenvalue weighted by Crippen LogP contribution is 2.32. The van der Waals surface area contributed by atoms with Crippen LogP contribution in [-0.4, -0.2) is 17.0 Å². The number of carbonyl (C=O) groups excluding carboxylic acids is 2. The van der Waals surface area contributed by atoms with E-state index in [1.807, 2.05) is 31.2 Å². The van der Waals surface area contributed by atoms with Gasteiger partial charge in [0.15, 0.2) is 5.17 Å². The molecule has 0 fully saturated rings. The third-order valence-corrected chi connectivity index (χ3v) is 4.81. The summed E-state index contributed by atoms with van der Waals surface area (Å²) >= 11 is 7.21. The number of nitrogens with one attached hydrogen (secondary N) is 1. The molecular formula is C20H17ClN2O3S. The predicted octanol–water partition coefficient (Wildman–Crippen LogP) is 4.33. The fourth-order valence-corrected chi connectivity index (χ4v) is 3.39. The van der Waals surface area contributed by atoms with Gasteiger partial charge in [0.2, 0.25) is 5.91 Å². The number of halogens is 1. The normalized spacial score (nSPS) is 15.0. The molecule has 1 aliphatic heterocycles. The number of ether oxygens (including phenoxy) is 1. The van der Waals surface area contributed by atoms with Crippen molar-refractivity contribution < 1.29 is 14.3 Å². The Hall–Kier alpha value is -2.57. The van der Waals surface area contributed by atoms with Gasteiger partial charge in [-0.15, -0.1) is 0 Å². The Balaban J connectivity index is 1.79. The molecule has 27 heavy (non-hydrogen) atoms. The number of amides is 2. The van der Waals surface area contributed by atoms with E-state index in [1.165, 1.54) is 12.5 Å². The second-order valence-corrected chi connectivity index (χ2v) is 7.44. The number of nitrogens with zero attached hydrogens (tertiary/aromatic N) is 1. The van der Waals surface area contributed by atoms with E-state index in [0.717, 1.165) is 17.3 Å².